The highest BCUT2D eigenvalue weighted by Crippen LogP contribution is 2.03. The van der Waals surface area contributed by atoms with Crippen LogP contribution < -0.4 is 5.73 Å². The highest BCUT2D eigenvalue weighted by atomic mass is 15.2. The summed E-state index contributed by atoms with van der Waals surface area (Å²) >= 11 is 0. The molecule has 1 rings (SSSR count). The standard InChI is InChI=1S/C8H16N4/c1-3-12(4-2)6-7-5-8(9)11-10-7/h5H,3-4,6H2,1-2H3,(H3,9,10,11). The first-order chi connectivity index (χ1) is 5.76. The molecule has 0 fully saturated rings. The van der Waals surface area contributed by atoms with Crippen molar-refractivity contribution in [2.75, 3.05) is 18.8 Å². The van der Waals surface area contributed by atoms with Gasteiger partial charge in [-0.2, -0.15) is 5.10 Å². The van der Waals surface area contributed by atoms with Crippen molar-refractivity contribution in [2.45, 2.75) is 20.4 Å². The number of nitrogens with two attached hydrogens (primary N) is 1. The van der Waals surface area contributed by atoms with E-state index in [1.165, 1.54) is 0 Å². The molecule has 0 unspecified atom stereocenters. The summed E-state index contributed by atoms with van der Waals surface area (Å²) in [5.74, 6) is 0.567. The zero-order chi connectivity index (χ0) is 8.97. The Balaban J connectivity index is 2.50. The van der Waals surface area contributed by atoms with Crippen LogP contribution in [0.15, 0.2) is 6.07 Å². The predicted octanol–water partition coefficient (Wildman–Crippen LogP) is 0.834. The zero-order valence-electron chi connectivity index (χ0n) is 7.67. The van der Waals surface area contributed by atoms with Gasteiger partial charge in [-0.25, -0.2) is 0 Å². The van der Waals surface area contributed by atoms with Gasteiger partial charge >= 0.3 is 0 Å². The first kappa shape index (κ1) is 9.06. The van der Waals surface area contributed by atoms with Crippen molar-refractivity contribution in [2.24, 2.45) is 0 Å². The van der Waals surface area contributed by atoms with E-state index in [0.29, 0.717) is 5.82 Å². The molecule has 1 heterocycles. The molecule has 12 heavy (non-hydrogen) atoms. The van der Waals surface area contributed by atoms with Gasteiger partial charge in [-0.3, -0.25) is 10.00 Å². The lowest BCUT2D eigenvalue weighted by molar-refractivity contribution is 0.292. The highest BCUT2D eigenvalue weighted by Gasteiger charge is 2.02. The summed E-state index contributed by atoms with van der Waals surface area (Å²) in [7, 11) is 0. The summed E-state index contributed by atoms with van der Waals surface area (Å²) in [6.45, 7) is 7.29. The third-order valence-electron chi connectivity index (χ3n) is 1.94. The van der Waals surface area contributed by atoms with Gasteiger partial charge in [0, 0.05) is 12.6 Å². The number of aromatic amines is 1. The Kier molecular flexibility index (Phi) is 3.10. The molecule has 0 atom stereocenters. The van der Waals surface area contributed by atoms with Crippen molar-refractivity contribution in [3.05, 3.63) is 11.8 Å². The Morgan fingerprint density at radius 1 is 1.50 bits per heavy atom. The van der Waals surface area contributed by atoms with Gasteiger partial charge in [0.15, 0.2) is 0 Å². The lowest BCUT2D eigenvalue weighted by atomic mass is 10.3. The van der Waals surface area contributed by atoms with Crippen molar-refractivity contribution in [1.29, 1.82) is 0 Å². The van der Waals surface area contributed by atoms with Crippen LogP contribution in [0.5, 0.6) is 0 Å². The summed E-state index contributed by atoms with van der Waals surface area (Å²) in [5, 5.41) is 6.75. The van der Waals surface area contributed by atoms with E-state index in [9.17, 15) is 0 Å². The topological polar surface area (TPSA) is 57.9 Å². The quantitative estimate of drug-likeness (QED) is 0.700. The van der Waals surface area contributed by atoms with E-state index in [4.69, 9.17) is 5.73 Å². The number of nitrogen functional groups attached to an aromatic ring is 1. The van der Waals surface area contributed by atoms with E-state index in [-0.39, 0.29) is 0 Å². The molecule has 0 radical (unpaired) electrons. The van der Waals surface area contributed by atoms with Crippen LogP contribution in [0.2, 0.25) is 0 Å². The predicted molar refractivity (Wildman–Crippen MR) is 49.6 cm³/mol. The van der Waals surface area contributed by atoms with Gasteiger partial charge in [0.25, 0.3) is 0 Å². The fourth-order valence-electron chi connectivity index (χ4n) is 1.15. The Morgan fingerprint density at radius 3 is 2.58 bits per heavy atom. The minimum atomic E-state index is 0.567. The van der Waals surface area contributed by atoms with Crippen LogP contribution in [-0.4, -0.2) is 28.2 Å². The number of anilines is 1. The summed E-state index contributed by atoms with van der Waals surface area (Å²) in [6, 6.07) is 1.87. The second kappa shape index (κ2) is 4.11. The smallest absolute Gasteiger partial charge is 0.145 e. The molecule has 4 heteroatoms. The molecule has 0 aliphatic rings. The molecule has 0 aliphatic heterocycles. The molecule has 3 N–H and O–H groups in total. The van der Waals surface area contributed by atoms with Crippen molar-refractivity contribution in [3.63, 3.8) is 0 Å². The van der Waals surface area contributed by atoms with Crippen LogP contribution in [0.4, 0.5) is 5.82 Å². The maximum atomic E-state index is 5.48. The average molecular weight is 168 g/mol. The van der Waals surface area contributed by atoms with Gasteiger partial charge in [-0.05, 0) is 13.1 Å². The normalized spacial score (nSPS) is 10.9. The van der Waals surface area contributed by atoms with E-state index in [1.807, 2.05) is 6.07 Å². The van der Waals surface area contributed by atoms with Crippen molar-refractivity contribution >= 4 is 5.82 Å². The SMILES string of the molecule is CCN(CC)Cc1cc(N)n[nH]1. The molecule has 0 aliphatic carbocycles. The van der Waals surface area contributed by atoms with Crippen molar-refractivity contribution < 1.29 is 0 Å². The maximum Gasteiger partial charge on any atom is 0.145 e. The second-order valence-corrected chi connectivity index (χ2v) is 2.78. The second-order valence-electron chi connectivity index (χ2n) is 2.78. The van der Waals surface area contributed by atoms with E-state index in [1.54, 1.807) is 0 Å². The summed E-state index contributed by atoms with van der Waals surface area (Å²) < 4.78 is 0. The monoisotopic (exact) mass is 168 g/mol. The molecule has 0 aromatic carbocycles. The summed E-state index contributed by atoms with van der Waals surface area (Å²) in [6.07, 6.45) is 0. The van der Waals surface area contributed by atoms with Crippen LogP contribution in [0, 0.1) is 0 Å². The van der Waals surface area contributed by atoms with Crippen LogP contribution in [0.25, 0.3) is 0 Å². The van der Waals surface area contributed by atoms with Crippen LogP contribution >= 0.6 is 0 Å². The highest BCUT2D eigenvalue weighted by molar-refractivity contribution is 5.28. The summed E-state index contributed by atoms with van der Waals surface area (Å²) in [4.78, 5) is 2.30. The van der Waals surface area contributed by atoms with E-state index < -0.39 is 0 Å². The van der Waals surface area contributed by atoms with E-state index in [0.717, 1.165) is 25.3 Å². The Hall–Kier alpha value is -1.03. The number of H-pyrrole nitrogens is 1. The average Bonchev–Trinajstić information content (AvgIpc) is 2.47. The molecular formula is C8H16N4. The van der Waals surface area contributed by atoms with E-state index >= 15 is 0 Å². The molecule has 0 saturated heterocycles. The maximum absolute atomic E-state index is 5.48. The van der Waals surface area contributed by atoms with Gasteiger partial charge < -0.3 is 5.73 Å². The third kappa shape index (κ3) is 2.23. The van der Waals surface area contributed by atoms with Gasteiger partial charge in [0.1, 0.15) is 5.82 Å². The minimum Gasteiger partial charge on any atom is -0.382 e. The Labute approximate surface area is 72.8 Å². The third-order valence-corrected chi connectivity index (χ3v) is 1.94. The molecule has 68 valence electrons. The van der Waals surface area contributed by atoms with Crippen molar-refractivity contribution in [3.8, 4) is 0 Å². The molecule has 0 saturated carbocycles. The minimum absolute atomic E-state index is 0.567. The lowest BCUT2D eigenvalue weighted by Crippen LogP contribution is -2.22. The summed E-state index contributed by atoms with van der Waals surface area (Å²) in [5.41, 5.74) is 6.56. The largest absolute Gasteiger partial charge is 0.382 e. The molecular weight excluding hydrogens is 152 g/mol. The van der Waals surface area contributed by atoms with Crippen LogP contribution in [-0.2, 0) is 6.54 Å². The van der Waals surface area contributed by atoms with Crippen LogP contribution in [0.1, 0.15) is 19.5 Å². The number of hydrogen-bond donors (Lipinski definition) is 2. The van der Waals surface area contributed by atoms with Gasteiger partial charge in [-0.15, -0.1) is 0 Å². The van der Waals surface area contributed by atoms with Crippen molar-refractivity contribution in [1.82, 2.24) is 15.1 Å². The zero-order valence-corrected chi connectivity index (χ0v) is 7.67. The number of nitrogens with zero attached hydrogens (tertiary/aromatic N) is 2. The number of aromatic nitrogens is 2. The number of nitrogens with one attached hydrogen (secondary N) is 1. The van der Waals surface area contributed by atoms with Gasteiger partial charge in [0.05, 0.1) is 5.69 Å². The number of rotatable bonds is 4. The first-order valence-electron chi connectivity index (χ1n) is 4.28. The number of hydrogen-bond acceptors (Lipinski definition) is 3. The molecule has 0 amide bonds. The Bertz CT molecular complexity index is 227. The lowest BCUT2D eigenvalue weighted by Gasteiger charge is -2.15. The fourth-order valence-corrected chi connectivity index (χ4v) is 1.15. The van der Waals surface area contributed by atoms with Gasteiger partial charge in [-0.1, -0.05) is 13.8 Å². The van der Waals surface area contributed by atoms with Gasteiger partial charge in [0.2, 0.25) is 0 Å². The molecule has 4 nitrogen and oxygen atoms in total. The molecule has 0 bridgehead atoms. The fraction of sp³-hybridized carbons (Fsp3) is 0.625. The molecule has 0 spiro atoms. The first-order valence-corrected chi connectivity index (χ1v) is 4.28. The Morgan fingerprint density at radius 2 is 2.17 bits per heavy atom. The van der Waals surface area contributed by atoms with Crippen LogP contribution in [0.3, 0.4) is 0 Å². The molecule has 1 aromatic heterocycles. The van der Waals surface area contributed by atoms with E-state index in [2.05, 4.69) is 28.9 Å². The molecule has 1 aromatic rings.